The van der Waals surface area contributed by atoms with Crippen molar-refractivity contribution in [1.82, 2.24) is 0 Å². The van der Waals surface area contributed by atoms with Crippen LogP contribution >= 0.6 is 0 Å². The first-order valence-corrected chi connectivity index (χ1v) is 11.5. The summed E-state index contributed by atoms with van der Waals surface area (Å²) in [5.74, 6) is 0. The van der Waals surface area contributed by atoms with Gasteiger partial charge in [0.1, 0.15) is 0 Å². The van der Waals surface area contributed by atoms with Crippen molar-refractivity contribution in [2.45, 2.75) is 144 Å². The van der Waals surface area contributed by atoms with Crippen molar-refractivity contribution < 1.29 is 29.1 Å². The van der Waals surface area contributed by atoms with Gasteiger partial charge in [-0.15, -0.1) is 24.2 Å². The van der Waals surface area contributed by atoms with Gasteiger partial charge in [-0.05, 0) is 0 Å². The second-order valence-electron chi connectivity index (χ2n) is 7.84. The van der Waals surface area contributed by atoms with Gasteiger partial charge in [0.2, 0.25) is 0 Å². The first-order valence-electron chi connectivity index (χ1n) is 11.5. The third-order valence-corrected chi connectivity index (χ3v) is 4.07. The van der Waals surface area contributed by atoms with Crippen molar-refractivity contribution in [2.75, 3.05) is 0 Å². The van der Waals surface area contributed by atoms with E-state index in [1.807, 2.05) is 0 Å². The molecule has 0 aliphatic rings. The molecule has 0 saturated carbocycles. The fourth-order valence-corrected chi connectivity index (χ4v) is 2.38. The molecular weight excluding hydrogens is 477 g/mol. The number of carbonyl (C=O) groups excluding carboxylic acids is 2. The first kappa shape index (κ1) is 41.1. The van der Waals surface area contributed by atoms with Crippen LogP contribution < -0.4 is 0 Å². The summed E-state index contributed by atoms with van der Waals surface area (Å²) in [6.45, 7) is 28.0. The molecule has 0 N–H and O–H groups in total. The predicted octanol–water partition coefficient (Wildman–Crippen LogP) is 7.58. The molecule has 0 saturated heterocycles. The molecule has 4 unspecified atom stereocenters. The molecule has 0 spiro atoms. The van der Waals surface area contributed by atoms with Crippen LogP contribution in [-0.2, 0) is 29.1 Å². The second kappa shape index (κ2) is 32.0. The SMILES string of the molecule is CCCC([N-]C(C)C)[N-]C(C)CC.CCCC([N-]C(C)C)[N-]C(C)CC.[CH-]=O.[CH-]=O.[Ru+6]. The van der Waals surface area contributed by atoms with Crippen LogP contribution in [0.2, 0.25) is 0 Å². The summed E-state index contributed by atoms with van der Waals surface area (Å²) in [6.07, 6.45) is 7.24. The molecule has 0 heterocycles. The molecule has 0 fully saturated rings. The molecule has 0 aliphatic heterocycles. The van der Waals surface area contributed by atoms with Gasteiger partial charge in [-0.25, -0.2) is 12.3 Å². The van der Waals surface area contributed by atoms with Crippen molar-refractivity contribution in [2.24, 2.45) is 0 Å². The quantitative estimate of drug-likeness (QED) is 0.132. The Morgan fingerprint density at radius 1 is 0.548 bits per heavy atom. The van der Waals surface area contributed by atoms with Gasteiger partial charge < -0.3 is 30.9 Å². The van der Waals surface area contributed by atoms with Crippen LogP contribution in [-0.4, -0.2) is 50.1 Å². The normalized spacial score (nSPS) is 13.8. The van der Waals surface area contributed by atoms with Gasteiger partial charge in [-0.3, -0.25) is 13.6 Å². The van der Waals surface area contributed by atoms with E-state index < -0.39 is 0 Å². The largest absolute Gasteiger partial charge is 6.00 e. The molecule has 4 atom stereocenters. The van der Waals surface area contributed by atoms with Crippen LogP contribution in [0.3, 0.4) is 0 Å². The monoisotopic (exact) mass is 528 g/mol. The van der Waals surface area contributed by atoms with E-state index in [0.717, 1.165) is 25.7 Å². The van der Waals surface area contributed by atoms with Gasteiger partial charge >= 0.3 is 19.5 Å². The summed E-state index contributed by atoms with van der Waals surface area (Å²) >= 11 is 0. The second-order valence-corrected chi connectivity index (χ2v) is 7.84. The first-order chi connectivity index (χ1) is 14.2. The summed E-state index contributed by atoms with van der Waals surface area (Å²) in [7, 11) is 0. The molecule has 0 rings (SSSR count). The molecule has 0 aliphatic carbocycles. The molecule has 0 amide bonds. The van der Waals surface area contributed by atoms with E-state index in [-0.39, 0.29) is 31.8 Å². The third kappa shape index (κ3) is 34.6. The Morgan fingerprint density at radius 2 is 0.806 bits per heavy atom. The molecule has 0 aromatic carbocycles. The molecule has 0 aromatic rings. The van der Waals surface area contributed by atoms with Gasteiger partial charge in [0.15, 0.2) is 0 Å². The Labute approximate surface area is 208 Å². The van der Waals surface area contributed by atoms with Gasteiger partial charge in [0.25, 0.3) is 0 Å². The van der Waals surface area contributed by atoms with E-state index in [1.165, 1.54) is 12.8 Å². The number of hydrogen-bond acceptors (Lipinski definition) is 2. The summed E-state index contributed by atoms with van der Waals surface area (Å²) in [5, 5.41) is 18.5. The minimum atomic E-state index is 0. The van der Waals surface area contributed by atoms with E-state index in [9.17, 15) is 0 Å². The van der Waals surface area contributed by atoms with Crippen LogP contribution in [0.25, 0.3) is 21.3 Å². The zero-order chi connectivity index (χ0) is 24.5. The molecular formula is C24H50N4O2Ru. The summed E-state index contributed by atoms with van der Waals surface area (Å²) in [4.78, 5) is 15.5. The minimum absolute atomic E-state index is 0. The van der Waals surface area contributed by atoms with Crippen molar-refractivity contribution in [3.05, 3.63) is 21.3 Å². The standard InChI is InChI=1S/2C11H24N2.2CHO.Ru/c2*1-6-8-11(12-9(3)4)13-10(5)7-2;2*1-2;/h2*9-11H,6-8H2,1-5H3;2*1H;/q2*-2;2*-1;+6. The van der Waals surface area contributed by atoms with Gasteiger partial charge in [0, 0.05) is 0 Å². The molecule has 7 heteroatoms. The fourth-order valence-electron chi connectivity index (χ4n) is 2.38. The molecule has 186 valence electrons. The van der Waals surface area contributed by atoms with Crippen molar-refractivity contribution >= 4 is 13.6 Å². The van der Waals surface area contributed by atoms with Gasteiger partial charge in [-0.2, -0.15) is 0 Å². The average molecular weight is 528 g/mol. The average Bonchev–Trinajstić information content (AvgIpc) is 2.70. The van der Waals surface area contributed by atoms with Crippen LogP contribution in [0.1, 0.15) is 108 Å². The summed E-state index contributed by atoms with van der Waals surface area (Å²) in [5.41, 5.74) is 0. The minimum Gasteiger partial charge on any atom is -0.676 e. The number of nitrogens with zero attached hydrogens (tertiary/aromatic N) is 4. The molecule has 31 heavy (non-hydrogen) atoms. The van der Waals surface area contributed by atoms with Crippen LogP contribution in [0.15, 0.2) is 0 Å². The van der Waals surface area contributed by atoms with Crippen molar-refractivity contribution in [3.8, 4) is 0 Å². The van der Waals surface area contributed by atoms with Crippen LogP contribution in [0.5, 0.6) is 0 Å². The Balaban J connectivity index is -0.000000122. The van der Waals surface area contributed by atoms with E-state index >= 15 is 0 Å². The molecule has 0 bridgehead atoms. The van der Waals surface area contributed by atoms with Crippen LogP contribution in [0, 0.1) is 0 Å². The number of rotatable bonds is 14. The summed E-state index contributed by atoms with van der Waals surface area (Å²) in [6, 6.07) is 1.73. The van der Waals surface area contributed by atoms with Crippen molar-refractivity contribution in [3.63, 3.8) is 0 Å². The van der Waals surface area contributed by atoms with Gasteiger partial charge in [0.05, 0.1) is 0 Å². The molecule has 6 nitrogen and oxygen atoms in total. The maximum Gasteiger partial charge on any atom is 6.00 e. The Hall–Kier alpha value is -0.197. The summed E-state index contributed by atoms with van der Waals surface area (Å²) < 4.78 is 0. The van der Waals surface area contributed by atoms with Crippen LogP contribution in [0.4, 0.5) is 0 Å². The molecule has 0 radical (unpaired) electrons. The smallest absolute Gasteiger partial charge is 0.676 e. The maximum atomic E-state index is 7.75. The van der Waals surface area contributed by atoms with Crippen molar-refractivity contribution in [1.29, 1.82) is 0 Å². The Morgan fingerprint density at radius 3 is 0.968 bits per heavy atom. The van der Waals surface area contributed by atoms with Gasteiger partial charge in [-0.1, -0.05) is 108 Å². The fraction of sp³-hybridized carbons (Fsp3) is 0.917. The van der Waals surface area contributed by atoms with E-state index in [4.69, 9.17) is 9.59 Å². The number of hydrogen-bond donors (Lipinski definition) is 0. The molecule has 0 aromatic heterocycles. The van der Waals surface area contributed by atoms with E-state index in [0.29, 0.717) is 24.2 Å². The Bertz CT molecular complexity index is 294. The zero-order valence-corrected chi connectivity index (χ0v) is 23.6. The van der Waals surface area contributed by atoms with E-state index in [2.05, 4.69) is 104 Å². The maximum absolute atomic E-state index is 7.75. The third-order valence-electron chi connectivity index (χ3n) is 4.07. The zero-order valence-electron chi connectivity index (χ0n) is 21.8. The Kier molecular flexibility index (Phi) is 42.4. The topological polar surface area (TPSA) is 90.5 Å². The van der Waals surface area contributed by atoms with E-state index in [1.54, 1.807) is 0 Å². The predicted molar refractivity (Wildman–Crippen MR) is 134 cm³/mol.